The van der Waals surface area contributed by atoms with E-state index in [0.29, 0.717) is 12.1 Å². The summed E-state index contributed by atoms with van der Waals surface area (Å²) in [4.78, 5) is 26.9. The Morgan fingerprint density at radius 1 is 1.10 bits per heavy atom. The summed E-state index contributed by atoms with van der Waals surface area (Å²) in [5.74, 6) is -1.82. The number of fused-ring (bicyclic) bond motifs is 2. The van der Waals surface area contributed by atoms with Crippen molar-refractivity contribution >= 4 is 5.91 Å². The van der Waals surface area contributed by atoms with Crippen molar-refractivity contribution in [3.63, 3.8) is 0 Å². The van der Waals surface area contributed by atoms with E-state index in [4.69, 9.17) is 0 Å². The normalized spacial score (nSPS) is 21.0. The van der Waals surface area contributed by atoms with Crippen molar-refractivity contribution in [1.29, 1.82) is 0 Å². The van der Waals surface area contributed by atoms with Crippen LogP contribution in [-0.4, -0.2) is 38.3 Å². The van der Waals surface area contributed by atoms with Crippen LogP contribution in [0.2, 0.25) is 0 Å². The molecule has 2 aliphatic heterocycles. The molecule has 7 heteroatoms. The van der Waals surface area contributed by atoms with Crippen LogP contribution < -0.4 is 5.43 Å². The highest BCUT2D eigenvalue weighted by molar-refractivity contribution is 5.96. The molecule has 0 radical (unpaired) electrons. The first-order chi connectivity index (χ1) is 15.0. The van der Waals surface area contributed by atoms with Crippen LogP contribution in [-0.2, 0) is 0 Å². The van der Waals surface area contributed by atoms with Crippen LogP contribution in [0.1, 0.15) is 52.0 Å². The molecule has 3 aromatic rings. The average molecular weight is 419 g/mol. The number of nitrogens with zero attached hydrogens (tertiary/aromatic N) is 3. The lowest BCUT2D eigenvalue weighted by Crippen LogP contribution is -2.51. The molecule has 2 aliphatic rings. The Balaban J connectivity index is 1.82. The van der Waals surface area contributed by atoms with Crippen LogP contribution in [0.3, 0.4) is 0 Å². The SMILES string of the molecule is Cc1ccccc1[C@H](c1ccccc1F)[C@H]1[C@H]2CCCN2C(=O)c2c(O)c(=O)cnn21. The molecule has 2 aromatic carbocycles. The van der Waals surface area contributed by atoms with Crippen LogP contribution in [0.5, 0.6) is 5.75 Å². The number of rotatable bonds is 3. The zero-order chi connectivity index (χ0) is 21.7. The molecular formula is C24H22FN3O3. The number of hydrogen-bond acceptors (Lipinski definition) is 4. The fourth-order valence-corrected chi connectivity index (χ4v) is 5.14. The molecule has 1 N–H and O–H groups in total. The predicted molar refractivity (Wildman–Crippen MR) is 113 cm³/mol. The summed E-state index contributed by atoms with van der Waals surface area (Å²) in [5, 5.41) is 14.8. The van der Waals surface area contributed by atoms with Crippen molar-refractivity contribution < 1.29 is 14.3 Å². The first-order valence-electron chi connectivity index (χ1n) is 10.4. The molecule has 0 saturated carbocycles. The van der Waals surface area contributed by atoms with Crippen LogP contribution >= 0.6 is 0 Å². The summed E-state index contributed by atoms with van der Waals surface area (Å²) in [7, 11) is 0. The second kappa shape index (κ2) is 7.34. The second-order valence-corrected chi connectivity index (χ2v) is 8.21. The molecule has 1 aromatic heterocycles. The van der Waals surface area contributed by atoms with Gasteiger partial charge in [0.25, 0.3) is 5.91 Å². The highest BCUT2D eigenvalue weighted by Gasteiger charge is 2.48. The predicted octanol–water partition coefficient (Wildman–Crippen LogP) is 3.39. The van der Waals surface area contributed by atoms with Gasteiger partial charge in [-0.15, -0.1) is 0 Å². The molecule has 0 spiro atoms. The lowest BCUT2D eigenvalue weighted by Gasteiger charge is -2.43. The number of aryl methyl sites for hydroxylation is 1. The Kier molecular flexibility index (Phi) is 4.61. The zero-order valence-electron chi connectivity index (χ0n) is 17.0. The van der Waals surface area contributed by atoms with E-state index >= 15 is 4.39 Å². The molecule has 0 unspecified atom stereocenters. The lowest BCUT2D eigenvalue weighted by molar-refractivity contribution is 0.0564. The van der Waals surface area contributed by atoms with Gasteiger partial charge in [0, 0.05) is 12.5 Å². The van der Waals surface area contributed by atoms with Crippen molar-refractivity contribution in [2.75, 3.05) is 6.54 Å². The molecule has 3 atom stereocenters. The summed E-state index contributed by atoms with van der Waals surface area (Å²) < 4.78 is 16.6. The van der Waals surface area contributed by atoms with Gasteiger partial charge in [0.05, 0.1) is 18.3 Å². The van der Waals surface area contributed by atoms with Gasteiger partial charge in [-0.1, -0.05) is 42.5 Å². The van der Waals surface area contributed by atoms with Gasteiger partial charge < -0.3 is 10.0 Å². The summed E-state index contributed by atoms with van der Waals surface area (Å²) in [6.07, 6.45) is 2.56. The van der Waals surface area contributed by atoms with E-state index in [1.807, 2.05) is 31.2 Å². The third-order valence-corrected chi connectivity index (χ3v) is 6.53. The van der Waals surface area contributed by atoms with Crippen molar-refractivity contribution in [2.45, 2.75) is 37.8 Å². The van der Waals surface area contributed by atoms with E-state index in [2.05, 4.69) is 5.10 Å². The number of halogens is 1. The summed E-state index contributed by atoms with van der Waals surface area (Å²) >= 11 is 0. The van der Waals surface area contributed by atoms with Gasteiger partial charge in [-0.3, -0.25) is 14.3 Å². The average Bonchev–Trinajstić information content (AvgIpc) is 3.25. The molecule has 1 amide bonds. The third kappa shape index (κ3) is 2.95. The van der Waals surface area contributed by atoms with Crippen molar-refractivity contribution in [1.82, 2.24) is 14.7 Å². The summed E-state index contributed by atoms with van der Waals surface area (Å²) in [5.41, 5.74) is 1.59. The van der Waals surface area contributed by atoms with E-state index in [9.17, 15) is 14.7 Å². The van der Waals surface area contributed by atoms with E-state index in [1.54, 1.807) is 23.1 Å². The molecule has 0 aliphatic carbocycles. The van der Waals surface area contributed by atoms with Gasteiger partial charge in [-0.05, 0) is 42.5 Å². The van der Waals surface area contributed by atoms with Crippen LogP contribution in [0.25, 0.3) is 0 Å². The number of benzene rings is 2. The zero-order valence-corrected chi connectivity index (χ0v) is 17.0. The minimum Gasteiger partial charge on any atom is -0.502 e. The van der Waals surface area contributed by atoms with Crippen molar-refractivity contribution in [3.05, 3.63) is 93.2 Å². The van der Waals surface area contributed by atoms with E-state index < -0.39 is 29.0 Å². The minimum atomic E-state index is -0.700. The smallest absolute Gasteiger partial charge is 0.276 e. The Labute approximate surface area is 178 Å². The van der Waals surface area contributed by atoms with Crippen LogP contribution in [0.4, 0.5) is 4.39 Å². The lowest BCUT2D eigenvalue weighted by atomic mass is 9.78. The maximum atomic E-state index is 15.1. The van der Waals surface area contributed by atoms with Gasteiger partial charge in [0.1, 0.15) is 5.82 Å². The monoisotopic (exact) mass is 419 g/mol. The fraction of sp³-hybridized carbons (Fsp3) is 0.292. The van der Waals surface area contributed by atoms with Crippen LogP contribution in [0.15, 0.2) is 59.5 Å². The summed E-state index contributed by atoms with van der Waals surface area (Å²) in [6.45, 7) is 2.50. The first-order valence-corrected chi connectivity index (χ1v) is 10.4. The van der Waals surface area contributed by atoms with Crippen molar-refractivity contribution in [2.24, 2.45) is 0 Å². The van der Waals surface area contributed by atoms with Crippen LogP contribution in [0, 0.1) is 12.7 Å². The number of carbonyl (C=O) groups is 1. The maximum Gasteiger partial charge on any atom is 0.276 e. The van der Waals surface area contributed by atoms with Gasteiger partial charge in [-0.25, -0.2) is 4.39 Å². The van der Waals surface area contributed by atoms with E-state index in [1.165, 1.54) is 10.7 Å². The molecule has 5 rings (SSSR count). The first kappa shape index (κ1) is 19.5. The highest BCUT2D eigenvalue weighted by atomic mass is 19.1. The molecule has 0 bridgehead atoms. The molecule has 1 fully saturated rings. The van der Waals surface area contributed by atoms with E-state index in [-0.39, 0.29) is 17.6 Å². The number of carbonyl (C=O) groups excluding carboxylic acids is 1. The molecule has 31 heavy (non-hydrogen) atoms. The molecular weight excluding hydrogens is 397 g/mol. The van der Waals surface area contributed by atoms with Gasteiger partial charge >= 0.3 is 0 Å². The molecule has 3 heterocycles. The Hall–Kier alpha value is -3.48. The molecule has 158 valence electrons. The van der Waals surface area contributed by atoms with E-state index in [0.717, 1.165) is 30.2 Å². The number of aromatic hydroxyl groups is 1. The Bertz CT molecular complexity index is 1190. The number of amides is 1. The number of hydrogen-bond donors (Lipinski definition) is 1. The highest BCUT2D eigenvalue weighted by Crippen LogP contribution is 2.46. The molecule has 6 nitrogen and oxygen atoms in total. The topological polar surface area (TPSA) is 75.4 Å². The minimum absolute atomic E-state index is 0.120. The fourth-order valence-electron chi connectivity index (χ4n) is 5.14. The van der Waals surface area contributed by atoms with Crippen molar-refractivity contribution in [3.8, 4) is 5.75 Å². The second-order valence-electron chi connectivity index (χ2n) is 8.21. The Morgan fingerprint density at radius 3 is 2.55 bits per heavy atom. The largest absolute Gasteiger partial charge is 0.502 e. The van der Waals surface area contributed by atoms with Gasteiger partial charge in [0.15, 0.2) is 11.4 Å². The number of aromatic nitrogens is 2. The maximum absolute atomic E-state index is 15.1. The Morgan fingerprint density at radius 2 is 1.81 bits per heavy atom. The standard InChI is InChI=1S/C24H22FN3O3/c1-14-7-2-3-8-15(14)20(16-9-4-5-10-17(16)25)21-18-11-6-12-27(18)24(31)22-23(30)19(29)13-26-28(21)22/h2-5,7-10,13,18,20-21,30H,6,11-12H2,1H3/t18-,20-,21-/m1/s1. The third-order valence-electron chi connectivity index (χ3n) is 6.53. The van der Waals surface area contributed by atoms with Gasteiger partial charge in [0.2, 0.25) is 5.43 Å². The molecule has 1 saturated heterocycles. The quantitative estimate of drug-likeness (QED) is 0.706. The summed E-state index contributed by atoms with van der Waals surface area (Å²) in [6, 6.07) is 13.7. The van der Waals surface area contributed by atoms with Gasteiger partial charge in [-0.2, -0.15) is 5.10 Å².